The van der Waals surface area contributed by atoms with Gasteiger partial charge in [-0.1, -0.05) is 60.7 Å². The zero-order valence-corrected chi connectivity index (χ0v) is 43.4. The van der Waals surface area contributed by atoms with Gasteiger partial charge >= 0.3 is 18.3 Å². The van der Waals surface area contributed by atoms with Crippen LogP contribution in [0, 0.1) is 0 Å². The van der Waals surface area contributed by atoms with Gasteiger partial charge in [-0.25, -0.2) is 33.7 Å². The summed E-state index contributed by atoms with van der Waals surface area (Å²) in [6, 6.07) is 19.3. The minimum atomic E-state index is -1.26. The van der Waals surface area contributed by atoms with Crippen molar-refractivity contribution in [2.24, 2.45) is 5.73 Å². The number of nitrogens with zero attached hydrogens (tertiary/aromatic N) is 8. The highest BCUT2D eigenvalue weighted by atomic mass is 16.6. The van der Waals surface area contributed by atoms with Crippen molar-refractivity contribution in [3.8, 4) is 0 Å². The van der Waals surface area contributed by atoms with E-state index in [0.717, 1.165) is 25.7 Å². The van der Waals surface area contributed by atoms with E-state index in [4.69, 9.17) is 19.9 Å². The molecule has 0 spiro atoms. The Balaban J connectivity index is 0.000000276. The molecule has 22 nitrogen and oxygen atoms in total. The van der Waals surface area contributed by atoms with Gasteiger partial charge in [-0.05, 0) is 111 Å². The minimum Gasteiger partial charge on any atom is -0.447 e. The molecule has 0 aliphatic carbocycles. The van der Waals surface area contributed by atoms with Crippen LogP contribution in [0.15, 0.2) is 73.3 Å². The highest BCUT2D eigenvalue weighted by Gasteiger charge is 2.35. The van der Waals surface area contributed by atoms with Crippen molar-refractivity contribution in [1.82, 2.24) is 55.3 Å². The number of hydrogen-bond acceptors (Lipinski definition) is 15. The fourth-order valence-corrected chi connectivity index (χ4v) is 8.01. The highest BCUT2D eigenvalue weighted by Crippen LogP contribution is 2.22. The van der Waals surface area contributed by atoms with Crippen molar-refractivity contribution in [1.29, 1.82) is 0 Å². The number of aliphatic hydroxyl groups is 2. The lowest BCUT2D eigenvalue weighted by Gasteiger charge is -2.29. The van der Waals surface area contributed by atoms with Gasteiger partial charge in [0.1, 0.15) is 48.7 Å². The molecule has 73 heavy (non-hydrogen) atoms. The number of carbonyl (C=O) groups is 5. The second-order valence-corrected chi connectivity index (χ2v) is 20.5. The maximum Gasteiger partial charge on any atom is 0.409 e. The molecule has 22 heteroatoms. The van der Waals surface area contributed by atoms with E-state index in [9.17, 15) is 34.2 Å². The predicted molar refractivity (Wildman–Crippen MR) is 269 cm³/mol. The monoisotopic (exact) mass is 1020 g/mol. The first kappa shape index (κ1) is 57.3. The molecule has 4 aromatic rings. The maximum absolute atomic E-state index is 13.4. The van der Waals surface area contributed by atoms with Crippen molar-refractivity contribution in [2.75, 3.05) is 39.4 Å². The van der Waals surface area contributed by atoms with E-state index < -0.39 is 59.1 Å². The normalized spacial score (nSPS) is 16.7. The van der Waals surface area contributed by atoms with Crippen LogP contribution in [0.25, 0.3) is 0 Å². The summed E-state index contributed by atoms with van der Waals surface area (Å²) in [6.07, 6.45) is 5.75. The number of β-amino-alcohol motifs (C(OH)–C–C–N with tert-alkyl or cyclic N) is 2. The number of nitrogens with one attached hydrogen (secondary N) is 3. The quantitative estimate of drug-likeness (QED) is 0.0633. The molecular formula is C51H76N12O10. The Bertz CT molecular complexity index is 2370. The smallest absolute Gasteiger partial charge is 0.409 e. The summed E-state index contributed by atoms with van der Waals surface area (Å²) in [7, 11) is 0. The first-order valence-corrected chi connectivity index (χ1v) is 25.0. The van der Waals surface area contributed by atoms with Crippen LogP contribution in [0.4, 0.5) is 14.4 Å². The van der Waals surface area contributed by atoms with Crippen LogP contribution >= 0.6 is 0 Å². The summed E-state index contributed by atoms with van der Waals surface area (Å²) in [6.45, 7) is 14.0. The van der Waals surface area contributed by atoms with E-state index in [1.165, 1.54) is 33.6 Å². The van der Waals surface area contributed by atoms with Gasteiger partial charge in [-0.3, -0.25) is 9.59 Å². The summed E-state index contributed by atoms with van der Waals surface area (Å²) >= 11 is 0. The number of aryl methyl sites for hydroxylation is 2. The van der Waals surface area contributed by atoms with E-state index in [2.05, 4.69) is 60.4 Å². The Morgan fingerprint density at radius 1 is 0.671 bits per heavy atom. The number of ether oxygens (including phenoxy) is 3. The summed E-state index contributed by atoms with van der Waals surface area (Å²) in [4.78, 5) is 74.5. The maximum atomic E-state index is 13.4. The Morgan fingerprint density at radius 2 is 1.10 bits per heavy atom. The van der Waals surface area contributed by atoms with Crippen LogP contribution in [-0.2, 0) is 49.7 Å². The largest absolute Gasteiger partial charge is 0.447 e. The first-order chi connectivity index (χ1) is 34.6. The summed E-state index contributed by atoms with van der Waals surface area (Å²) in [5.41, 5.74) is 5.40. The number of amides is 5. The van der Waals surface area contributed by atoms with E-state index in [-0.39, 0.29) is 44.8 Å². The summed E-state index contributed by atoms with van der Waals surface area (Å²) in [5, 5.41) is 36.5. The van der Waals surface area contributed by atoms with Gasteiger partial charge in [0.2, 0.25) is 11.8 Å². The Kier molecular flexibility index (Phi) is 21.1. The van der Waals surface area contributed by atoms with Crippen molar-refractivity contribution in [3.63, 3.8) is 0 Å². The lowest BCUT2D eigenvalue weighted by Crippen LogP contribution is -2.56. The van der Waals surface area contributed by atoms with Crippen LogP contribution in [-0.4, -0.2) is 148 Å². The number of benzene rings is 2. The first-order valence-electron chi connectivity index (χ1n) is 25.0. The zero-order chi connectivity index (χ0) is 53.2. The third-order valence-electron chi connectivity index (χ3n) is 12.0. The van der Waals surface area contributed by atoms with Crippen LogP contribution in [0.3, 0.4) is 0 Å². The van der Waals surface area contributed by atoms with Crippen molar-refractivity contribution in [3.05, 3.63) is 96.1 Å². The average Bonchev–Trinajstić information content (AvgIpc) is 4.17. The summed E-state index contributed by atoms with van der Waals surface area (Å²) < 4.78 is 19.3. The topological polar surface area (TPSA) is 284 Å². The van der Waals surface area contributed by atoms with Crippen LogP contribution in [0.1, 0.15) is 122 Å². The van der Waals surface area contributed by atoms with Gasteiger partial charge in [0.25, 0.3) is 0 Å². The lowest BCUT2D eigenvalue weighted by molar-refractivity contribution is -0.127. The van der Waals surface area contributed by atoms with E-state index in [1.54, 1.807) is 57.8 Å². The number of alkyl carbamates (subject to hydrolysis) is 1. The molecule has 2 unspecified atom stereocenters. The number of aliphatic hydroxyl groups excluding tert-OH is 2. The second kappa shape index (κ2) is 26.9. The van der Waals surface area contributed by atoms with Gasteiger partial charge in [0.05, 0.1) is 42.9 Å². The molecule has 0 saturated carbocycles. The fourth-order valence-electron chi connectivity index (χ4n) is 8.01. The molecule has 2 aliphatic rings. The highest BCUT2D eigenvalue weighted by molar-refractivity contribution is 5.89. The molecule has 2 aromatic carbocycles. The molecule has 2 saturated heterocycles. The van der Waals surface area contributed by atoms with E-state index in [0.29, 0.717) is 57.0 Å². The molecule has 6 rings (SSSR count). The Morgan fingerprint density at radius 3 is 1.48 bits per heavy atom. The third-order valence-corrected chi connectivity index (χ3v) is 12.0. The third kappa shape index (κ3) is 19.0. The fraction of sp³-hybridized carbons (Fsp3) is 0.588. The summed E-state index contributed by atoms with van der Waals surface area (Å²) in [5.74, 6) is 0.424. The molecule has 4 heterocycles. The van der Waals surface area contributed by atoms with Gasteiger partial charge < -0.3 is 55.9 Å². The molecule has 0 radical (unpaired) electrons. The Labute approximate surface area is 427 Å². The van der Waals surface area contributed by atoms with Crippen molar-refractivity contribution < 1.29 is 48.4 Å². The SMILES string of the molecule is CC(C)(C)OC(=O)NC(C)(C)C(=O)NC(CCCc1ccccc1)c1ncnn1CCOC(=O)N1CC[C@@H](O)C1.CC(C)(N)C(=O)NC(CCCc1ccccc1)c1ncnn1CCOC(=O)N1CC[C@@H](O)C1. The molecule has 0 bridgehead atoms. The molecule has 4 atom stereocenters. The average molecular weight is 1020 g/mol. The lowest BCUT2D eigenvalue weighted by atomic mass is 10.0. The zero-order valence-electron chi connectivity index (χ0n) is 43.4. The molecule has 2 aliphatic heterocycles. The molecule has 400 valence electrons. The van der Waals surface area contributed by atoms with E-state index >= 15 is 0 Å². The molecule has 7 N–H and O–H groups in total. The number of carbonyl (C=O) groups excluding carboxylic acids is 5. The minimum absolute atomic E-state index is 0.0537. The van der Waals surface area contributed by atoms with Crippen LogP contribution in [0.2, 0.25) is 0 Å². The van der Waals surface area contributed by atoms with Crippen molar-refractivity contribution in [2.45, 2.75) is 154 Å². The van der Waals surface area contributed by atoms with Gasteiger partial charge in [-0.15, -0.1) is 0 Å². The Hall–Kier alpha value is -6.65. The number of aromatic nitrogens is 6. The number of likely N-dealkylation sites (tertiary alicyclic amines) is 2. The van der Waals surface area contributed by atoms with Gasteiger partial charge in [-0.2, -0.15) is 10.2 Å². The van der Waals surface area contributed by atoms with E-state index in [1.807, 2.05) is 36.4 Å². The van der Waals surface area contributed by atoms with Crippen LogP contribution in [0.5, 0.6) is 0 Å². The number of hydrogen-bond donors (Lipinski definition) is 6. The molecule has 2 aromatic heterocycles. The molecule has 2 fully saturated rings. The van der Waals surface area contributed by atoms with Gasteiger partial charge in [0, 0.05) is 26.2 Å². The molecular weight excluding hydrogens is 941 g/mol. The molecule has 5 amide bonds. The van der Waals surface area contributed by atoms with Crippen molar-refractivity contribution >= 4 is 30.1 Å². The number of nitrogens with two attached hydrogens (primary N) is 1. The number of rotatable bonds is 21. The second-order valence-electron chi connectivity index (χ2n) is 20.5. The van der Waals surface area contributed by atoms with Gasteiger partial charge in [0.15, 0.2) is 0 Å². The standard InChI is InChI=1S/C28H42N6O6.C23H34N6O4/c1-27(2,3)40-25(37)32-28(4,5)24(36)31-22(13-9-12-20-10-7-6-8-11-20)23-29-19-30-34(23)16-17-39-26(38)33-15-14-21(35)18-33;1-23(2,24)21(31)27-19(10-6-9-17-7-4-3-5-8-17)20-25-16-26-29(20)13-14-33-22(32)28-12-11-18(30)15-28/h6-8,10-11,19,21-22,35H,9,12-18H2,1-5H3,(H,31,36)(H,32,37);3-5,7-8,16,18-19,30H,6,9-15,24H2,1-2H3,(H,27,31)/t21-,22?;18-,19?/m11/s1. The predicted octanol–water partition coefficient (Wildman–Crippen LogP) is 4.36. The van der Waals surface area contributed by atoms with Crippen LogP contribution < -0.4 is 21.7 Å².